The largest absolute Gasteiger partial charge is 0.497 e. The number of aliphatic imine (C=N–C) groups is 1. The van der Waals surface area contributed by atoms with Gasteiger partial charge in [0.15, 0.2) is 5.96 Å². The summed E-state index contributed by atoms with van der Waals surface area (Å²) < 4.78 is 5.10. The molecule has 0 aliphatic rings. The van der Waals surface area contributed by atoms with E-state index < -0.39 is 0 Å². The van der Waals surface area contributed by atoms with Crippen molar-refractivity contribution in [2.45, 2.75) is 19.5 Å². The zero-order valence-corrected chi connectivity index (χ0v) is 19.4. The molecule has 1 atom stereocenters. The van der Waals surface area contributed by atoms with E-state index in [9.17, 15) is 4.79 Å². The van der Waals surface area contributed by atoms with Gasteiger partial charge in [0.25, 0.3) is 0 Å². The summed E-state index contributed by atoms with van der Waals surface area (Å²) in [5.41, 5.74) is 7.65. The fraction of sp³-hybridized carbons (Fsp3) is 0.263. The van der Waals surface area contributed by atoms with E-state index in [-0.39, 0.29) is 48.4 Å². The molecule has 4 N–H and O–H groups in total. The van der Waals surface area contributed by atoms with Crippen LogP contribution in [0.1, 0.15) is 24.1 Å². The molecule has 2 aromatic rings. The number of amides is 1. The lowest BCUT2D eigenvalue weighted by Gasteiger charge is -2.16. The predicted octanol–water partition coefficient (Wildman–Crippen LogP) is 3.90. The minimum Gasteiger partial charge on any atom is -0.497 e. The molecule has 1 amide bonds. The number of rotatable bonds is 7. The molecular weight excluding hydrogens is 514 g/mol. The van der Waals surface area contributed by atoms with Gasteiger partial charge >= 0.3 is 0 Å². The van der Waals surface area contributed by atoms with E-state index in [1.807, 2.05) is 37.3 Å². The third-order valence-electron chi connectivity index (χ3n) is 3.84. The second-order valence-electron chi connectivity index (χ2n) is 5.86. The lowest BCUT2D eigenvalue weighted by atomic mass is 10.1. The number of nitrogens with zero attached hydrogens (tertiary/aromatic N) is 1. The summed E-state index contributed by atoms with van der Waals surface area (Å²) in [5, 5.41) is 6.89. The first-order chi connectivity index (χ1) is 12.9. The molecular formula is C19H23Cl2IN4O2. The van der Waals surface area contributed by atoms with Crippen LogP contribution in [0.3, 0.4) is 0 Å². The van der Waals surface area contributed by atoms with Gasteiger partial charge in [-0.25, -0.2) is 4.99 Å². The Morgan fingerprint density at radius 3 is 2.50 bits per heavy atom. The molecule has 0 bridgehead atoms. The van der Waals surface area contributed by atoms with E-state index in [1.54, 1.807) is 19.2 Å². The monoisotopic (exact) mass is 536 g/mol. The molecule has 0 saturated heterocycles. The minimum atomic E-state index is -0.229. The summed E-state index contributed by atoms with van der Waals surface area (Å²) in [6, 6.07) is 12.5. The first kappa shape index (κ1) is 24.3. The normalized spacial score (nSPS) is 11.9. The van der Waals surface area contributed by atoms with Crippen LogP contribution in [-0.2, 0) is 11.3 Å². The highest BCUT2D eigenvalue weighted by molar-refractivity contribution is 14.0. The molecule has 6 nitrogen and oxygen atoms in total. The van der Waals surface area contributed by atoms with Gasteiger partial charge in [-0.3, -0.25) is 4.79 Å². The van der Waals surface area contributed by atoms with Gasteiger partial charge in [0.2, 0.25) is 5.91 Å². The fourth-order valence-corrected chi connectivity index (χ4v) is 2.93. The van der Waals surface area contributed by atoms with E-state index in [0.717, 1.165) is 16.9 Å². The zero-order valence-electron chi connectivity index (χ0n) is 15.5. The Hall–Kier alpha value is -1.71. The van der Waals surface area contributed by atoms with Crippen LogP contribution in [0.2, 0.25) is 10.0 Å². The highest BCUT2D eigenvalue weighted by atomic mass is 127. The van der Waals surface area contributed by atoms with Crippen LogP contribution in [0.25, 0.3) is 0 Å². The molecule has 2 rings (SSSR count). The van der Waals surface area contributed by atoms with Gasteiger partial charge in [0.1, 0.15) is 12.3 Å². The van der Waals surface area contributed by atoms with E-state index in [4.69, 9.17) is 33.7 Å². The molecule has 0 aromatic heterocycles. The Labute approximate surface area is 191 Å². The summed E-state index contributed by atoms with van der Waals surface area (Å²) in [6.07, 6.45) is 0. The molecule has 0 spiro atoms. The van der Waals surface area contributed by atoms with Crippen molar-refractivity contribution in [3.63, 3.8) is 0 Å². The molecule has 1 unspecified atom stereocenters. The first-order valence-electron chi connectivity index (χ1n) is 8.30. The standard InChI is InChI=1S/C19H22Cl2N4O2.HI/c1-12(16-8-5-14(20)9-17(16)21)25-19(22)24-11-18(26)23-10-13-3-6-15(27-2)7-4-13;/h3-9,12H,10-11H2,1-2H3,(H,23,26)(H3,22,24,25);1H. The maximum absolute atomic E-state index is 11.9. The lowest BCUT2D eigenvalue weighted by Crippen LogP contribution is -2.35. The molecule has 9 heteroatoms. The van der Waals surface area contributed by atoms with Crippen molar-refractivity contribution >= 4 is 59.0 Å². The van der Waals surface area contributed by atoms with E-state index in [1.165, 1.54) is 0 Å². The maximum atomic E-state index is 11.9. The lowest BCUT2D eigenvalue weighted by molar-refractivity contribution is -0.119. The van der Waals surface area contributed by atoms with Gasteiger partial charge in [-0.1, -0.05) is 41.4 Å². The number of nitrogens with two attached hydrogens (primary N) is 1. The van der Waals surface area contributed by atoms with Crippen molar-refractivity contribution in [3.8, 4) is 5.75 Å². The van der Waals surface area contributed by atoms with Crippen LogP contribution in [0.15, 0.2) is 47.5 Å². The minimum absolute atomic E-state index is 0. The van der Waals surface area contributed by atoms with Crippen molar-refractivity contribution in [1.29, 1.82) is 0 Å². The van der Waals surface area contributed by atoms with E-state index >= 15 is 0 Å². The smallest absolute Gasteiger partial charge is 0.242 e. The van der Waals surface area contributed by atoms with Gasteiger partial charge in [0.05, 0.1) is 13.2 Å². The van der Waals surface area contributed by atoms with Crippen molar-refractivity contribution < 1.29 is 9.53 Å². The second-order valence-corrected chi connectivity index (χ2v) is 6.70. The molecule has 152 valence electrons. The SMILES string of the molecule is COc1ccc(CNC(=O)CN=C(N)NC(C)c2ccc(Cl)cc2Cl)cc1.I. The number of halogens is 3. The highest BCUT2D eigenvalue weighted by Crippen LogP contribution is 2.25. The number of ether oxygens (including phenoxy) is 1. The van der Waals surface area contributed by atoms with Crippen molar-refractivity contribution in [2.75, 3.05) is 13.7 Å². The Morgan fingerprint density at radius 1 is 1.21 bits per heavy atom. The molecule has 2 aromatic carbocycles. The molecule has 0 fully saturated rings. The predicted molar refractivity (Wildman–Crippen MR) is 125 cm³/mol. The maximum Gasteiger partial charge on any atom is 0.242 e. The first-order valence-corrected chi connectivity index (χ1v) is 9.05. The third kappa shape index (κ3) is 7.73. The summed E-state index contributed by atoms with van der Waals surface area (Å²) in [7, 11) is 1.61. The molecule has 0 aliphatic heterocycles. The highest BCUT2D eigenvalue weighted by Gasteiger charge is 2.11. The number of carbonyl (C=O) groups excluding carboxylic acids is 1. The second kappa shape index (κ2) is 12.0. The number of guanidine groups is 1. The van der Waals surface area contributed by atoms with Gasteiger partial charge in [-0.15, -0.1) is 24.0 Å². The quantitative estimate of drug-likeness (QED) is 0.284. The average molecular weight is 537 g/mol. The molecule has 0 saturated carbocycles. The summed E-state index contributed by atoms with van der Waals surface area (Å²) in [4.78, 5) is 16.0. The van der Waals surface area contributed by atoms with E-state index in [0.29, 0.717) is 16.6 Å². The Balaban J connectivity index is 0.00000392. The molecule has 0 heterocycles. The number of methoxy groups -OCH3 is 1. The van der Waals surface area contributed by atoms with Crippen molar-refractivity contribution in [3.05, 3.63) is 63.6 Å². The number of carbonyl (C=O) groups is 1. The number of hydrogen-bond acceptors (Lipinski definition) is 3. The van der Waals surface area contributed by atoms with E-state index in [2.05, 4.69) is 15.6 Å². The Kier molecular flexibility index (Phi) is 10.4. The van der Waals surface area contributed by atoms with Crippen LogP contribution in [0.4, 0.5) is 0 Å². The Morgan fingerprint density at radius 2 is 1.89 bits per heavy atom. The average Bonchev–Trinajstić information content (AvgIpc) is 2.65. The molecule has 0 aliphatic carbocycles. The summed E-state index contributed by atoms with van der Waals surface area (Å²) >= 11 is 12.1. The van der Waals surface area contributed by atoms with Gasteiger partial charge in [-0.05, 0) is 42.3 Å². The van der Waals surface area contributed by atoms with Gasteiger partial charge < -0.3 is 21.1 Å². The number of nitrogens with one attached hydrogen (secondary N) is 2. The van der Waals surface area contributed by atoms with Crippen LogP contribution in [0, 0.1) is 0 Å². The number of benzene rings is 2. The third-order valence-corrected chi connectivity index (χ3v) is 4.40. The topological polar surface area (TPSA) is 88.7 Å². The summed E-state index contributed by atoms with van der Waals surface area (Å²) in [6.45, 7) is 2.22. The summed E-state index contributed by atoms with van der Waals surface area (Å²) in [5.74, 6) is 0.698. The van der Waals surface area contributed by atoms with Crippen LogP contribution in [-0.4, -0.2) is 25.5 Å². The van der Waals surface area contributed by atoms with Gasteiger partial charge in [0, 0.05) is 16.6 Å². The molecule has 0 radical (unpaired) electrons. The van der Waals surface area contributed by atoms with Crippen LogP contribution in [0.5, 0.6) is 5.75 Å². The van der Waals surface area contributed by atoms with Crippen molar-refractivity contribution in [1.82, 2.24) is 10.6 Å². The van der Waals surface area contributed by atoms with Crippen LogP contribution >= 0.6 is 47.2 Å². The molecule has 28 heavy (non-hydrogen) atoms. The fourth-order valence-electron chi connectivity index (χ4n) is 2.35. The Bertz CT molecular complexity index is 816. The zero-order chi connectivity index (χ0) is 19.8. The van der Waals surface area contributed by atoms with Crippen LogP contribution < -0.4 is 21.1 Å². The van der Waals surface area contributed by atoms with Crippen molar-refractivity contribution in [2.24, 2.45) is 10.7 Å². The van der Waals surface area contributed by atoms with Gasteiger partial charge in [-0.2, -0.15) is 0 Å². The number of hydrogen-bond donors (Lipinski definition) is 3.